The van der Waals surface area contributed by atoms with E-state index in [1.807, 2.05) is 0 Å². The highest BCUT2D eigenvalue weighted by Crippen LogP contribution is 2.30. The average molecular weight is 324 g/mol. The number of carbonyl (C=O) groups is 1. The first-order valence-electron chi connectivity index (χ1n) is 4.74. The zero-order chi connectivity index (χ0) is 13.2. The van der Waals surface area contributed by atoms with Gasteiger partial charge in [0.25, 0.3) is 0 Å². The van der Waals surface area contributed by atoms with Gasteiger partial charge in [0.2, 0.25) is 0 Å². The van der Waals surface area contributed by atoms with Gasteiger partial charge in [-0.15, -0.1) is 0 Å². The summed E-state index contributed by atoms with van der Waals surface area (Å²) >= 11 is 8.71. The molecule has 5 nitrogen and oxygen atoms in total. The van der Waals surface area contributed by atoms with Gasteiger partial charge in [0.1, 0.15) is 10.2 Å². The largest absolute Gasteiger partial charge is 0.505 e. The van der Waals surface area contributed by atoms with Crippen molar-refractivity contribution in [1.82, 2.24) is 4.98 Å². The molecular weight excluding hydrogens is 311 g/mol. The number of halogens is 2. The summed E-state index contributed by atoms with van der Waals surface area (Å²) in [5.74, 6) is -0.221. The molecule has 0 aromatic carbocycles. The second kappa shape index (κ2) is 5.10. The molecule has 0 saturated carbocycles. The standard InChI is InChI=1S/C10H12BrClN2O3/c1-10(2,3)17-9(16)13-5-4-6(15)8(12)14-7(5)11/h4,15H,1-3H3,(H,13,16). The molecule has 0 bridgehead atoms. The normalized spacial score (nSPS) is 11.1. The van der Waals surface area contributed by atoms with E-state index in [-0.39, 0.29) is 16.6 Å². The zero-order valence-corrected chi connectivity index (χ0v) is 11.9. The predicted octanol–water partition coefficient (Wildman–Crippen LogP) is 3.55. The van der Waals surface area contributed by atoms with Crippen LogP contribution in [-0.2, 0) is 4.74 Å². The third kappa shape index (κ3) is 4.40. The van der Waals surface area contributed by atoms with Gasteiger partial charge in [-0.25, -0.2) is 9.78 Å². The summed E-state index contributed by atoms with van der Waals surface area (Å²) in [4.78, 5) is 15.3. The van der Waals surface area contributed by atoms with Crippen molar-refractivity contribution in [2.24, 2.45) is 0 Å². The van der Waals surface area contributed by atoms with E-state index in [9.17, 15) is 9.90 Å². The summed E-state index contributed by atoms with van der Waals surface area (Å²) in [5.41, 5.74) is -0.320. The van der Waals surface area contributed by atoms with Crippen LogP contribution in [0.1, 0.15) is 20.8 Å². The van der Waals surface area contributed by atoms with Crippen LogP contribution in [0.4, 0.5) is 10.5 Å². The first-order valence-corrected chi connectivity index (χ1v) is 5.91. The monoisotopic (exact) mass is 322 g/mol. The number of pyridine rings is 1. The highest BCUT2D eigenvalue weighted by atomic mass is 79.9. The van der Waals surface area contributed by atoms with E-state index in [2.05, 4.69) is 26.2 Å². The molecule has 0 fully saturated rings. The van der Waals surface area contributed by atoms with Crippen LogP contribution < -0.4 is 5.32 Å². The van der Waals surface area contributed by atoms with Gasteiger partial charge in [0.15, 0.2) is 10.9 Å². The second-order valence-corrected chi connectivity index (χ2v) is 5.37. The number of carbonyl (C=O) groups excluding carboxylic acids is 1. The molecule has 94 valence electrons. The van der Waals surface area contributed by atoms with E-state index in [4.69, 9.17) is 16.3 Å². The van der Waals surface area contributed by atoms with Gasteiger partial charge in [0.05, 0.1) is 5.69 Å². The van der Waals surface area contributed by atoms with E-state index >= 15 is 0 Å². The Morgan fingerprint density at radius 2 is 2.18 bits per heavy atom. The molecule has 1 amide bonds. The number of hydrogen-bond acceptors (Lipinski definition) is 4. The second-order valence-electron chi connectivity index (χ2n) is 4.26. The topological polar surface area (TPSA) is 71.5 Å². The minimum atomic E-state index is -0.637. The maximum absolute atomic E-state index is 11.5. The molecule has 0 aliphatic carbocycles. The van der Waals surface area contributed by atoms with Crippen LogP contribution in [0, 0.1) is 0 Å². The number of aromatic hydroxyl groups is 1. The molecule has 0 atom stereocenters. The number of hydrogen-bond donors (Lipinski definition) is 2. The van der Waals surface area contributed by atoms with Crippen molar-refractivity contribution in [3.8, 4) is 5.75 Å². The Morgan fingerprint density at radius 1 is 1.59 bits per heavy atom. The van der Waals surface area contributed by atoms with Crippen molar-refractivity contribution < 1.29 is 14.6 Å². The number of rotatable bonds is 1. The van der Waals surface area contributed by atoms with Crippen LogP contribution >= 0.6 is 27.5 Å². The van der Waals surface area contributed by atoms with E-state index in [1.165, 1.54) is 6.07 Å². The van der Waals surface area contributed by atoms with E-state index in [0.29, 0.717) is 4.60 Å². The molecule has 1 aromatic rings. The van der Waals surface area contributed by atoms with Crippen molar-refractivity contribution in [3.05, 3.63) is 15.8 Å². The van der Waals surface area contributed by atoms with Crippen molar-refractivity contribution in [2.45, 2.75) is 26.4 Å². The van der Waals surface area contributed by atoms with Crippen molar-refractivity contribution >= 4 is 39.3 Å². The number of nitrogens with zero attached hydrogens (tertiary/aromatic N) is 1. The molecule has 0 unspecified atom stereocenters. The van der Waals surface area contributed by atoms with Gasteiger partial charge in [-0.05, 0) is 36.7 Å². The molecule has 2 N–H and O–H groups in total. The van der Waals surface area contributed by atoms with Crippen molar-refractivity contribution in [2.75, 3.05) is 5.32 Å². The minimum Gasteiger partial charge on any atom is -0.505 e. The SMILES string of the molecule is CC(C)(C)OC(=O)Nc1cc(O)c(Cl)nc1Br. The van der Waals surface area contributed by atoms with Gasteiger partial charge in [-0.1, -0.05) is 11.6 Å². The maximum atomic E-state index is 11.5. The Kier molecular flexibility index (Phi) is 4.21. The fourth-order valence-electron chi connectivity index (χ4n) is 0.961. The lowest BCUT2D eigenvalue weighted by atomic mass is 10.2. The Morgan fingerprint density at radius 3 is 2.71 bits per heavy atom. The Labute approximate surface area is 112 Å². The molecule has 0 radical (unpaired) electrons. The van der Waals surface area contributed by atoms with Gasteiger partial charge >= 0.3 is 6.09 Å². The lowest BCUT2D eigenvalue weighted by Crippen LogP contribution is -2.27. The minimum absolute atomic E-state index is 0.0494. The predicted molar refractivity (Wildman–Crippen MR) is 68.5 cm³/mol. The highest BCUT2D eigenvalue weighted by Gasteiger charge is 2.18. The fraction of sp³-hybridized carbons (Fsp3) is 0.400. The summed E-state index contributed by atoms with van der Waals surface area (Å²) < 4.78 is 5.36. The molecule has 17 heavy (non-hydrogen) atoms. The summed E-state index contributed by atoms with van der Waals surface area (Å²) in [6.45, 7) is 5.25. The zero-order valence-electron chi connectivity index (χ0n) is 9.54. The molecule has 1 aromatic heterocycles. The Bertz CT molecular complexity index is 446. The maximum Gasteiger partial charge on any atom is 0.412 e. The van der Waals surface area contributed by atoms with Gasteiger partial charge in [-0.2, -0.15) is 0 Å². The summed E-state index contributed by atoms with van der Waals surface area (Å²) in [5, 5.41) is 11.8. The van der Waals surface area contributed by atoms with Crippen molar-refractivity contribution in [1.29, 1.82) is 0 Å². The van der Waals surface area contributed by atoms with Crippen LogP contribution in [0.5, 0.6) is 5.75 Å². The molecular formula is C10H12BrClN2O3. The quantitative estimate of drug-likeness (QED) is 0.775. The van der Waals surface area contributed by atoms with Gasteiger partial charge in [-0.3, -0.25) is 5.32 Å². The van der Waals surface area contributed by atoms with Crippen LogP contribution in [0.15, 0.2) is 10.7 Å². The molecule has 1 heterocycles. The summed E-state index contributed by atoms with van der Waals surface area (Å²) in [6.07, 6.45) is -0.637. The van der Waals surface area contributed by atoms with Crippen LogP contribution in [0.25, 0.3) is 0 Å². The van der Waals surface area contributed by atoms with E-state index in [1.54, 1.807) is 20.8 Å². The molecule has 7 heteroatoms. The Balaban J connectivity index is 2.82. The fourth-order valence-corrected chi connectivity index (χ4v) is 1.59. The first kappa shape index (κ1) is 14.1. The van der Waals surface area contributed by atoms with Crippen LogP contribution in [-0.4, -0.2) is 21.8 Å². The summed E-state index contributed by atoms with van der Waals surface area (Å²) in [7, 11) is 0. The number of anilines is 1. The highest BCUT2D eigenvalue weighted by molar-refractivity contribution is 9.10. The average Bonchev–Trinajstić information content (AvgIpc) is 2.11. The van der Waals surface area contributed by atoms with Gasteiger partial charge < -0.3 is 9.84 Å². The molecule has 1 rings (SSSR count). The third-order valence-electron chi connectivity index (χ3n) is 1.55. The van der Waals surface area contributed by atoms with E-state index < -0.39 is 11.7 Å². The van der Waals surface area contributed by atoms with Crippen LogP contribution in [0.2, 0.25) is 5.15 Å². The Hall–Kier alpha value is -1.01. The van der Waals surface area contributed by atoms with Crippen molar-refractivity contribution in [3.63, 3.8) is 0 Å². The summed E-state index contributed by atoms with van der Waals surface area (Å²) in [6, 6.07) is 1.28. The molecule has 0 saturated heterocycles. The number of ether oxygens (including phenoxy) is 1. The smallest absolute Gasteiger partial charge is 0.412 e. The molecule has 0 aliphatic rings. The molecule has 0 spiro atoms. The number of aromatic nitrogens is 1. The first-order chi connectivity index (χ1) is 7.69. The molecule has 0 aliphatic heterocycles. The lowest BCUT2D eigenvalue weighted by Gasteiger charge is -2.19. The number of amides is 1. The van der Waals surface area contributed by atoms with Crippen LogP contribution in [0.3, 0.4) is 0 Å². The number of nitrogens with one attached hydrogen (secondary N) is 1. The lowest BCUT2D eigenvalue weighted by molar-refractivity contribution is 0.0636. The van der Waals surface area contributed by atoms with E-state index in [0.717, 1.165) is 0 Å². The third-order valence-corrected chi connectivity index (χ3v) is 2.43. The van der Waals surface area contributed by atoms with Gasteiger partial charge in [0, 0.05) is 6.07 Å².